The molecule has 1 aliphatic heterocycles. The van der Waals surface area contributed by atoms with Crippen LogP contribution in [0.1, 0.15) is 11.5 Å². The van der Waals surface area contributed by atoms with Crippen molar-refractivity contribution in [1.82, 2.24) is 5.32 Å². The predicted octanol–water partition coefficient (Wildman–Crippen LogP) is 1.39. The van der Waals surface area contributed by atoms with Crippen LogP contribution in [0, 0.1) is 0 Å². The van der Waals surface area contributed by atoms with E-state index in [1.807, 2.05) is 13.1 Å². The maximum atomic E-state index is 5.45. The fraction of sp³-hybridized carbons (Fsp3) is 0.455. The molecule has 1 saturated heterocycles. The lowest BCUT2D eigenvalue weighted by molar-refractivity contribution is 0.188. The molecule has 0 radical (unpaired) electrons. The summed E-state index contributed by atoms with van der Waals surface area (Å²) in [6.07, 6.45) is 0. The minimum Gasteiger partial charge on any atom is -0.379 e. The van der Waals surface area contributed by atoms with Crippen LogP contribution in [0.3, 0.4) is 0 Å². The number of rotatable bonds is 2. The van der Waals surface area contributed by atoms with E-state index in [2.05, 4.69) is 29.6 Å². The Labute approximate surface area is 78.9 Å². The van der Waals surface area contributed by atoms with Crippen molar-refractivity contribution in [3.05, 3.63) is 35.9 Å². The van der Waals surface area contributed by atoms with Gasteiger partial charge in [0.05, 0.1) is 13.2 Å². The molecule has 0 spiro atoms. The number of hydrogen-bond donors (Lipinski definition) is 1. The van der Waals surface area contributed by atoms with Crippen molar-refractivity contribution >= 4 is 0 Å². The molecule has 1 aliphatic rings. The molecule has 2 rings (SSSR count). The third kappa shape index (κ3) is 1.74. The second kappa shape index (κ2) is 3.90. The highest BCUT2D eigenvalue weighted by Gasteiger charge is 2.27. The molecule has 1 heterocycles. The first-order valence-electron chi connectivity index (χ1n) is 4.72. The number of ether oxygens (including phenoxy) is 1. The van der Waals surface area contributed by atoms with Crippen molar-refractivity contribution in [3.63, 3.8) is 0 Å². The first-order chi connectivity index (χ1) is 6.42. The second-order valence-corrected chi connectivity index (χ2v) is 3.45. The summed E-state index contributed by atoms with van der Waals surface area (Å²) >= 11 is 0. The second-order valence-electron chi connectivity index (χ2n) is 3.45. The molecule has 2 nitrogen and oxygen atoms in total. The van der Waals surface area contributed by atoms with Crippen molar-refractivity contribution in [2.75, 3.05) is 20.3 Å². The van der Waals surface area contributed by atoms with E-state index >= 15 is 0 Å². The van der Waals surface area contributed by atoms with Gasteiger partial charge in [0.2, 0.25) is 0 Å². The van der Waals surface area contributed by atoms with Gasteiger partial charge in [0.25, 0.3) is 0 Å². The monoisotopic (exact) mass is 177 g/mol. The molecule has 13 heavy (non-hydrogen) atoms. The first kappa shape index (κ1) is 8.73. The summed E-state index contributed by atoms with van der Waals surface area (Å²) in [6.45, 7) is 1.67. The molecule has 0 aromatic heterocycles. The molecule has 2 heteroatoms. The van der Waals surface area contributed by atoms with Crippen LogP contribution >= 0.6 is 0 Å². The highest BCUT2D eigenvalue weighted by Crippen LogP contribution is 2.24. The van der Waals surface area contributed by atoms with E-state index in [0.29, 0.717) is 12.0 Å². The summed E-state index contributed by atoms with van der Waals surface area (Å²) in [4.78, 5) is 0. The van der Waals surface area contributed by atoms with Gasteiger partial charge >= 0.3 is 0 Å². The first-order valence-corrected chi connectivity index (χ1v) is 4.72. The number of benzene rings is 1. The molecular formula is C11H15NO. The maximum absolute atomic E-state index is 5.45. The Kier molecular flexibility index (Phi) is 2.62. The van der Waals surface area contributed by atoms with E-state index in [1.54, 1.807) is 0 Å². The van der Waals surface area contributed by atoms with Crippen LogP contribution in [0.5, 0.6) is 0 Å². The van der Waals surface area contributed by atoms with E-state index < -0.39 is 0 Å². The van der Waals surface area contributed by atoms with Gasteiger partial charge in [-0.05, 0) is 12.6 Å². The minimum absolute atomic E-state index is 0.474. The molecule has 1 aromatic carbocycles. The number of likely N-dealkylation sites (N-methyl/N-ethyl adjacent to an activating group) is 1. The van der Waals surface area contributed by atoms with E-state index in [0.717, 1.165) is 13.2 Å². The van der Waals surface area contributed by atoms with E-state index in [4.69, 9.17) is 4.74 Å². The van der Waals surface area contributed by atoms with Gasteiger partial charge < -0.3 is 10.1 Å². The Bertz CT molecular complexity index is 260. The van der Waals surface area contributed by atoms with Gasteiger partial charge in [-0.3, -0.25) is 0 Å². The summed E-state index contributed by atoms with van der Waals surface area (Å²) in [5, 5.41) is 3.29. The zero-order chi connectivity index (χ0) is 9.10. The predicted molar refractivity (Wildman–Crippen MR) is 52.8 cm³/mol. The van der Waals surface area contributed by atoms with Crippen LogP contribution in [-0.4, -0.2) is 26.3 Å². The average Bonchev–Trinajstić information content (AvgIpc) is 2.67. The maximum Gasteiger partial charge on any atom is 0.0626 e. The summed E-state index contributed by atoms with van der Waals surface area (Å²) in [6, 6.07) is 11.0. The van der Waals surface area contributed by atoms with E-state index in [1.165, 1.54) is 5.56 Å². The van der Waals surface area contributed by atoms with Gasteiger partial charge in [0.15, 0.2) is 0 Å². The van der Waals surface area contributed by atoms with Gasteiger partial charge in [-0.2, -0.15) is 0 Å². The molecule has 0 saturated carbocycles. The Morgan fingerprint density at radius 3 is 2.69 bits per heavy atom. The fourth-order valence-electron chi connectivity index (χ4n) is 1.87. The Morgan fingerprint density at radius 2 is 2.00 bits per heavy atom. The highest BCUT2D eigenvalue weighted by atomic mass is 16.5. The van der Waals surface area contributed by atoms with Crippen molar-refractivity contribution in [2.24, 2.45) is 0 Å². The van der Waals surface area contributed by atoms with Gasteiger partial charge in [-0.1, -0.05) is 30.3 Å². The third-order valence-electron chi connectivity index (χ3n) is 2.68. The number of nitrogens with one attached hydrogen (secondary N) is 1. The van der Waals surface area contributed by atoms with Gasteiger partial charge in [-0.15, -0.1) is 0 Å². The standard InChI is InChI=1S/C11H15NO/c1-12-11-8-13-7-10(11)9-5-3-2-4-6-9/h2-6,10-12H,7-8H2,1H3/t10-,11-/m0/s1. The molecule has 1 fully saturated rings. The molecular weight excluding hydrogens is 162 g/mol. The van der Waals surface area contributed by atoms with Crippen molar-refractivity contribution in [3.8, 4) is 0 Å². The highest BCUT2D eigenvalue weighted by molar-refractivity contribution is 5.22. The lowest BCUT2D eigenvalue weighted by Crippen LogP contribution is -2.30. The summed E-state index contributed by atoms with van der Waals surface area (Å²) in [5.41, 5.74) is 1.37. The van der Waals surface area contributed by atoms with Gasteiger partial charge in [0, 0.05) is 12.0 Å². The lowest BCUT2D eigenvalue weighted by Gasteiger charge is -2.16. The zero-order valence-electron chi connectivity index (χ0n) is 7.86. The van der Waals surface area contributed by atoms with Crippen LogP contribution in [0.4, 0.5) is 0 Å². The van der Waals surface area contributed by atoms with Crippen LogP contribution in [0.25, 0.3) is 0 Å². The van der Waals surface area contributed by atoms with E-state index in [9.17, 15) is 0 Å². The molecule has 0 unspecified atom stereocenters. The van der Waals surface area contributed by atoms with E-state index in [-0.39, 0.29) is 0 Å². The van der Waals surface area contributed by atoms with Crippen molar-refractivity contribution < 1.29 is 4.74 Å². The molecule has 1 N–H and O–H groups in total. The molecule has 1 aromatic rings. The smallest absolute Gasteiger partial charge is 0.0626 e. The Balaban J connectivity index is 2.16. The van der Waals surface area contributed by atoms with Crippen molar-refractivity contribution in [1.29, 1.82) is 0 Å². The summed E-state index contributed by atoms with van der Waals surface area (Å²) in [7, 11) is 2.00. The molecule has 0 aliphatic carbocycles. The third-order valence-corrected chi connectivity index (χ3v) is 2.68. The lowest BCUT2D eigenvalue weighted by atomic mass is 9.95. The van der Waals surface area contributed by atoms with Crippen LogP contribution < -0.4 is 5.32 Å². The minimum atomic E-state index is 0.474. The van der Waals surface area contributed by atoms with Gasteiger partial charge in [0.1, 0.15) is 0 Å². The molecule has 0 amide bonds. The normalized spacial score (nSPS) is 27.8. The van der Waals surface area contributed by atoms with Crippen LogP contribution in [0.15, 0.2) is 30.3 Å². The Morgan fingerprint density at radius 1 is 1.23 bits per heavy atom. The SMILES string of the molecule is CN[C@H]1COC[C@H]1c1ccccc1. The van der Waals surface area contributed by atoms with Crippen LogP contribution in [0.2, 0.25) is 0 Å². The fourth-order valence-corrected chi connectivity index (χ4v) is 1.87. The number of hydrogen-bond acceptors (Lipinski definition) is 2. The average molecular weight is 177 g/mol. The van der Waals surface area contributed by atoms with Crippen molar-refractivity contribution in [2.45, 2.75) is 12.0 Å². The Hall–Kier alpha value is -0.860. The zero-order valence-corrected chi connectivity index (χ0v) is 7.86. The van der Waals surface area contributed by atoms with Gasteiger partial charge in [-0.25, -0.2) is 0 Å². The summed E-state index contributed by atoms with van der Waals surface area (Å²) in [5.74, 6) is 0.520. The largest absolute Gasteiger partial charge is 0.379 e. The summed E-state index contributed by atoms with van der Waals surface area (Å²) < 4.78 is 5.45. The van der Waals surface area contributed by atoms with Crippen LogP contribution in [-0.2, 0) is 4.74 Å². The molecule has 70 valence electrons. The topological polar surface area (TPSA) is 21.3 Å². The molecule has 0 bridgehead atoms. The quantitative estimate of drug-likeness (QED) is 0.737. The molecule has 2 atom stereocenters.